The summed E-state index contributed by atoms with van der Waals surface area (Å²) in [6, 6.07) is 8.13. The smallest absolute Gasteiger partial charge is 0.136 e. The Hall–Kier alpha value is -6.44. The summed E-state index contributed by atoms with van der Waals surface area (Å²) >= 11 is 0. The zero-order valence-electron chi connectivity index (χ0n) is 44.3. The molecule has 1 heterocycles. The van der Waals surface area contributed by atoms with Gasteiger partial charge in [0.25, 0.3) is 0 Å². The van der Waals surface area contributed by atoms with Gasteiger partial charge in [-0.1, -0.05) is 139 Å². The molecule has 49 heavy (non-hydrogen) atoms. The molecular weight excluding hydrogens is 593 g/mol. The predicted molar refractivity (Wildman–Crippen MR) is 208 cm³/mol. The molecule has 0 N–H and O–H groups in total. The van der Waals surface area contributed by atoms with E-state index in [0.717, 1.165) is 0 Å². The summed E-state index contributed by atoms with van der Waals surface area (Å²) in [5.74, 6) is 0. The van der Waals surface area contributed by atoms with Crippen LogP contribution in [0.2, 0.25) is 0 Å². The van der Waals surface area contributed by atoms with E-state index in [4.69, 9.17) is 26.3 Å². The average Bonchev–Trinajstić information content (AvgIpc) is 3.75. The molecule has 0 aliphatic heterocycles. The molecule has 1 nitrogen and oxygen atoms in total. The van der Waals surface area contributed by atoms with Gasteiger partial charge in [0.15, 0.2) is 0 Å². The third kappa shape index (κ3) is 4.55. The highest BCUT2D eigenvalue weighted by Crippen LogP contribution is 2.46. The molecule has 0 amide bonds. The van der Waals surface area contributed by atoms with E-state index in [1.807, 2.05) is 0 Å². The Morgan fingerprint density at radius 2 is 0.816 bits per heavy atom. The Morgan fingerprint density at radius 1 is 0.347 bits per heavy atom. The van der Waals surface area contributed by atoms with Crippen LogP contribution in [0.25, 0.3) is 98.8 Å². The standard InChI is InChI=1S/C48H30O/c1-3-13-31(14-4-1)36-25-37(32-15-5-2-6-16-32)27-38(26-36)48-42-21-11-9-19-40(42)47(41-20-10-12-22-43(41)48)35-23-24-39-44-28-33-17-7-8-18-34(33)29-46(44)49-45(39)30-35/h1-30H/i1D,2D,3D,4D,5D,6D,7D,8D,13D,14D,15D,16D,17D,18D,23D,24D,28D,29D,30D. The van der Waals surface area contributed by atoms with E-state index in [1.165, 1.54) is 6.07 Å². The molecule has 0 aliphatic rings. The predicted octanol–water partition coefficient (Wildman–Crippen LogP) is 13.7. The van der Waals surface area contributed by atoms with E-state index in [1.54, 1.807) is 60.7 Å². The van der Waals surface area contributed by atoms with E-state index in [-0.39, 0.29) is 66.6 Å². The first-order chi connectivity index (χ1) is 32.2. The lowest BCUT2D eigenvalue weighted by molar-refractivity contribution is 0.669. The van der Waals surface area contributed by atoms with E-state index in [0.29, 0.717) is 38.2 Å². The fourth-order valence-electron chi connectivity index (χ4n) is 6.54. The first kappa shape index (κ1) is 14.8. The van der Waals surface area contributed by atoms with Crippen molar-refractivity contribution in [3.8, 4) is 44.5 Å². The van der Waals surface area contributed by atoms with Gasteiger partial charge in [-0.25, -0.2) is 0 Å². The number of furan rings is 1. The third-order valence-electron chi connectivity index (χ3n) is 8.62. The zero-order chi connectivity index (χ0) is 48.8. The Balaban J connectivity index is 1.33. The number of fused-ring (bicyclic) bond motifs is 6. The molecule has 0 radical (unpaired) electrons. The van der Waals surface area contributed by atoms with Gasteiger partial charge in [-0.2, -0.15) is 0 Å². The van der Waals surface area contributed by atoms with Crippen LogP contribution in [0.15, 0.2) is 186 Å². The molecule has 228 valence electrons. The SMILES string of the molecule is [2H]c1c([2H])c([2H])c(-c2cc(-c3c([2H])c([2H])c([2H])c([2H])c3[2H])cc(-c3c4ccccc4c(-c4c([2H])c([2H])c5c(oc6c([2H])c7c([2H])c([2H])c([2H])c([2H])c7c([2H])c65)c4[2H])c4ccccc34)c2)c([2H])c1[2H]. The molecule has 0 fully saturated rings. The van der Waals surface area contributed by atoms with Crippen molar-refractivity contribution in [2.75, 3.05) is 0 Å². The quantitative estimate of drug-likeness (QED) is 0.174. The molecule has 10 aromatic rings. The summed E-state index contributed by atoms with van der Waals surface area (Å²) < 4.78 is 173. The normalized spacial score (nSPS) is 17.1. The Kier molecular flexibility index (Phi) is 3.34. The molecule has 0 saturated heterocycles. The van der Waals surface area contributed by atoms with Gasteiger partial charge < -0.3 is 4.42 Å². The van der Waals surface area contributed by atoms with Crippen molar-refractivity contribution < 1.29 is 30.5 Å². The van der Waals surface area contributed by atoms with Crippen molar-refractivity contribution in [2.45, 2.75) is 0 Å². The van der Waals surface area contributed by atoms with Gasteiger partial charge in [0, 0.05) is 10.8 Å². The van der Waals surface area contributed by atoms with E-state index >= 15 is 0 Å². The molecule has 0 bridgehead atoms. The van der Waals surface area contributed by atoms with Crippen LogP contribution in [0.5, 0.6) is 0 Å². The molecule has 0 spiro atoms. The van der Waals surface area contributed by atoms with Gasteiger partial charge >= 0.3 is 0 Å². The van der Waals surface area contributed by atoms with Gasteiger partial charge in [0.05, 0.1) is 26.0 Å². The van der Waals surface area contributed by atoms with Crippen LogP contribution < -0.4 is 0 Å². The fraction of sp³-hybridized carbons (Fsp3) is 0. The molecule has 10 rings (SSSR count). The van der Waals surface area contributed by atoms with Crippen LogP contribution in [0.4, 0.5) is 0 Å². The minimum atomic E-state index is -0.624. The van der Waals surface area contributed by atoms with E-state index in [2.05, 4.69) is 0 Å². The van der Waals surface area contributed by atoms with Gasteiger partial charge in [-0.3, -0.25) is 0 Å². The van der Waals surface area contributed by atoms with Crippen LogP contribution in [-0.2, 0) is 0 Å². The van der Waals surface area contributed by atoms with Crippen LogP contribution >= 0.6 is 0 Å². The van der Waals surface area contributed by atoms with Crippen molar-refractivity contribution in [3.05, 3.63) is 182 Å². The first-order valence-corrected chi connectivity index (χ1v) is 15.3. The highest BCUT2D eigenvalue weighted by Gasteiger charge is 2.19. The number of hydrogen-bond donors (Lipinski definition) is 0. The van der Waals surface area contributed by atoms with E-state index < -0.39 is 109 Å². The monoisotopic (exact) mass is 641 g/mol. The van der Waals surface area contributed by atoms with Crippen molar-refractivity contribution in [1.82, 2.24) is 0 Å². The van der Waals surface area contributed by atoms with Crippen LogP contribution in [0.3, 0.4) is 0 Å². The third-order valence-corrected chi connectivity index (χ3v) is 8.62. The molecule has 0 unspecified atom stereocenters. The Labute approximate surface area is 311 Å². The lowest BCUT2D eigenvalue weighted by Crippen LogP contribution is -1.92. The molecule has 0 atom stereocenters. The lowest BCUT2D eigenvalue weighted by Gasteiger charge is -2.19. The number of hydrogen-bond acceptors (Lipinski definition) is 1. The summed E-state index contributed by atoms with van der Waals surface area (Å²) in [5.41, 5.74) is 0.310. The van der Waals surface area contributed by atoms with Gasteiger partial charge in [-0.05, 0) is 119 Å². The molecule has 9 aromatic carbocycles. The molecule has 1 aromatic heterocycles. The van der Waals surface area contributed by atoms with Crippen LogP contribution in [0.1, 0.15) is 26.0 Å². The summed E-state index contributed by atoms with van der Waals surface area (Å²) in [6.45, 7) is 0. The fourth-order valence-corrected chi connectivity index (χ4v) is 6.54. The van der Waals surface area contributed by atoms with Crippen LogP contribution in [0, 0.1) is 0 Å². The maximum absolute atomic E-state index is 9.70. The Morgan fingerprint density at radius 3 is 1.39 bits per heavy atom. The van der Waals surface area contributed by atoms with Crippen molar-refractivity contribution in [2.24, 2.45) is 0 Å². The minimum absolute atomic E-state index is 0.0555. The van der Waals surface area contributed by atoms with Gasteiger partial charge in [0.2, 0.25) is 0 Å². The van der Waals surface area contributed by atoms with Crippen LogP contribution in [-0.4, -0.2) is 0 Å². The highest BCUT2D eigenvalue weighted by molar-refractivity contribution is 6.22. The van der Waals surface area contributed by atoms with Crippen molar-refractivity contribution >= 4 is 54.3 Å². The number of benzene rings is 9. The van der Waals surface area contributed by atoms with Crippen molar-refractivity contribution in [1.29, 1.82) is 0 Å². The largest absolute Gasteiger partial charge is 0.456 e. The highest BCUT2D eigenvalue weighted by atomic mass is 16.3. The van der Waals surface area contributed by atoms with E-state index in [9.17, 15) is 4.11 Å². The average molecular weight is 642 g/mol. The second-order valence-electron chi connectivity index (χ2n) is 11.4. The lowest BCUT2D eigenvalue weighted by atomic mass is 9.84. The number of rotatable bonds is 4. The zero-order valence-corrected chi connectivity index (χ0v) is 25.3. The first-order valence-electron chi connectivity index (χ1n) is 24.8. The Bertz CT molecular complexity index is 3770. The molecule has 1 heteroatoms. The molecule has 0 saturated carbocycles. The summed E-state index contributed by atoms with van der Waals surface area (Å²) in [7, 11) is 0. The molecular formula is C48H30O. The molecule has 0 aliphatic carbocycles. The second kappa shape index (κ2) is 11.1. The minimum Gasteiger partial charge on any atom is -0.456 e. The van der Waals surface area contributed by atoms with Crippen molar-refractivity contribution in [3.63, 3.8) is 0 Å². The summed E-state index contributed by atoms with van der Waals surface area (Å²) in [4.78, 5) is 0. The van der Waals surface area contributed by atoms with Gasteiger partial charge in [-0.15, -0.1) is 0 Å². The maximum atomic E-state index is 9.70. The second-order valence-corrected chi connectivity index (χ2v) is 11.4. The summed E-state index contributed by atoms with van der Waals surface area (Å²) in [6.07, 6.45) is 0. The maximum Gasteiger partial charge on any atom is 0.136 e. The van der Waals surface area contributed by atoms with Gasteiger partial charge in [0.1, 0.15) is 11.2 Å². The summed E-state index contributed by atoms with van der Waals surface area (Å²) in [5, 5.41) is 1.06. The topological polar surface area (TPSA) is 13.1 Å².